The number of amides is 1. The Labute approximate surface area is 143 Å². The Morgan fingerprint density at radius 1 is 1.29 bits per heavy atom. The summed E-state index contributed by atoms with van der Waals surface area (Å²) in [5.74, 6) is -0.0652. The minimum Gasteiger partial charge on any atom is -0.332 e. The van der Waals surface area contributed by atoms with Crippen molar-refractivity contribution in [2.75, 3.05) is 6.54 Å². The fourth-order valence-electron chi connectivity index (χ4n) is 2.52. The maximum absolute atomic E-state index is 12.7. The molecule has 122 valence electrons. The first kappa shape index (κ1) is 16.1. The monoisotopic (exact) mass is 339 g/mol. The van der Waals surface area contributed by atoms with Gasteiger partial charge in [0.25, 0.3) is 0 Å². The number of benzene rings is 1. The third kappa shape index (κ3) is 3.44. The largest absolute Gasteiger partial charge is 0.332 e. The van der Waals surface area contributed by atoms with Crippen LogP contribution in [0.4, 0.5) is 0 Å². The first-order chi connectivity index (χ1) is 11.7. The van der Waals surface area contributed by atoms with Gasteiger partial charge < -0.3 is 4.90 Å². The van der Waals surface area contributed by atoms with Crippen molar-refractivity contribution >= 4 is 28.1 Å². The molecule has 0 aliphatic rings. The first-order valence-electron chi connectivity index (χ1n) is 7.55. The molecule has 0 atom stereocenters. The Hall–Kier alpha value is -2.73. The predicted molar refractivity (Wildman–Crippen MR) is 95.9 cm³/mol. The maximum atomic E-state index is 12.7. The van der Waals surface area contributed by atoms with Gasteiger partial charge in [-0.25, -0.2) is 0 Å². The van der Waals surface area contributed by atoms with Crippen LogP contribution in [0.2, 0.25) is 0 Å². The summed E-state index contributed by atoms with van der Waals surface area (Å²) in [7, 11) is 0. The Morgan fingerprint density at radius 3 is 2.88 bits per heavy atom. The van der Waals surface area contributed by atoms with Crippen LogP contribution in [0.25, 0.3) is 10.9 Å². The number of hydrogen-bond donors (Lipinski definition) is 0. The molecule has 2 heterocycles. The van der Waals surface area contributed by atoms with Crippen LogP contribution < -0.4 is 5.43 Å². The van der Waals surface area contributed by atoms with Gasteiger partial charge in [0.1, 0.15) is 6.54 Å². The highest BCUT2D eigenvalue weighted by molar-refractivity contribution is 7.09. The molecule has 0 N–H and O–H groups in total. The standard InChI is InChI=1S/C18H17N3O2S/c1-2-9-20(12-14-6-5-10-24-14)18(23)13-21-16-8-4-3-7-15(16)17(22)11-19-21/h2-8,10-11H,1,9,12-13H2. The highest BCUT2D eigenvalue weighted by atomic mass is 32.1. The summed E-state index contributed by atoms with van der Waals surface area (Å²) in [4.78, 5) is 27.4. The molecule has 0 saturated carbocycles. The van der Waals surface area contributed by atoms with Crippen LogP contribution in [0.3, 0.4) is 0 Å². The highest BCUT2D eigenvalue weighted by Gasteiger charge is 2.15. The summed E-state index contributed by atoms with van der Waals surface area (Å²) in [6.07, 6.45) is 2.97. The fraction of sp³-hybridized carbons (Fsp3) is 0.167. The molecule has 0 radical (unpaired) electrons. The van der Waals surface area contributed by atoms with E-state index in [2.05, 4.69) is 11.7 Å². The van der Waals surface area contributed by atoms with E-state index in [0.29, 0.717) is 24.0 Å². The van der Waals surface area contributed by atoms with E-state index in [4.69, 9.17) is 0 Å². The average Bonchev–Trinajstić information content (AvgIpc) is 3.10. The number of carbonyl (C=O) groups excluding carboxylic acids is 1. The van der Waals surface area contributed by atoms with Crippen molar-refractivity contribution in [3.8, 4) is 0 Å². The van der Waals surface area contributed by atoms with Gasteiger partial charge in [-0.3, -0.25) is 14.3 Å². The minimum atomic E-state index is -0.143. The summed E-state index contributed by atoms with van der Waals surface area (Å²) in [6, 6.07) is 11.1. The minimum absolute atomic E-state index is 0.0652. The van der Waals surface area contributed by atoms with Crippen molar-refractivity contribution < 1.29 is 4.79 Å². The molecule has 2 aromatic heterocycles. The van der Waals surface area contributed by atoms with Crippen LogP contribution in [0.5, 0.6) is 0 Å². The van der Waals surface area contributed by atoms with E-state index in [1.165, 1.54) is 6.20 Å². The molecule has 1 amide bonds. The van der Waals surface area contributed by atoms with Gasteiger partial charge in [0.15, 0.2) is 0 Å². The molecule has 0 aliphatic heterocycles. The van der Waals surface area contributed by atoms with Crippen molar-refractivity contribution in [1.29, 1.82) is 0 Å². The Kier molecular flexibility index (Phi) is 4.86. The lowest BCUT2D eigenvalue weighted by molar-refractivity contribution is -0.132. The lowest BCUT2D eigenvalue weighted by Gasteiger charge is -2.21. The van der Waals surface area contributed by atoms with Gasteiger partial charge in [-0.05, 0) is 23.6 Å². The Balaban J connectivity index is 1.86. The quantitative estimate of drug-likeness (QED) is 0.649. The van der Waals surface area contributed by atoms with Crippen molar-refractivity contribution in [3.63, 3.8) is 0 Å². The van der Waals surface area contributed by atoms with Crippen LogP contribution in [-0.4, -0.2) is 27.1 Å². The number of para-hydroxylation sites is 1. The van der Waals surface area contributed by atoms with Crippen LogP contribution in [0, 0.1) is 0 Å². The normalized spacial score (nSPS) is 10.7. The average molecular weight is 339 g/mol. The molecule has 0 saturated heterocycles. The molecule has 6 heteroatoms. The molecular weight excluding hydrogens is 322 g/mol. The first-order valence-corrected chi connectivity index (χ1v) is 8.43. The summed E-state index contributed by atoms with van der Waals surface area (Å²) in [5.41, 5.74) is 0.517. The van der Waals surface area contributed by atoms with E-state index in [1.54, 1.807) is 45.2 Å². The van der Waals surface area contributed by atoms with E-state index < -0.39 is 0 Å². The summed E-state index contributed by atoms with van der Waals surface area (Å²) in [5, 5.41) is 6.67. The smallest absolute Gasteiger partial charge is 0.244 e. The number of fused-ring (bicyclic) bond motifs is 1. The molecule has 3 aromatic rings. The van der Waals surface area contributed by atoms with Gasteiger partial charge >= 0.3 is 0 Å². The Morgan fingerprint density at radius 2 is 2.12 bits per heavy atom. The van der Waals surface area contributed by atoms with Crippen molar-refractivity contribution in [3.05, 3.63) is 75.7 Å². The van der Waals surface area contributed by atoms with Crippen LogP contribution in [-0.2, 0) is 17.9 Å². The number of nitrogens with zero attached hydrogens (tertiary/aromatic N) is 3. The molecule has 24 heavy (non-hydrogen) atoms. The van der Waals surface area contributed by atoms with E-state index in [1.807, 2.05) is 23.6 Å². The van der Waals surface area contributed by atoms with E-state index in [0.717, 1.165) is 4.88 Å². The maximum Gasteiger partial charge on any atom is 0.244 e. The van der Waals surface area contributed by atoms with Crippen LogP contribution >= 0.6 is 11.3 Å². The van der Waals surface area contributed by atoms with E-state index >= 15 is 0 Å². The molecule has 0 bridgehead atoms. The topological polar surface area (TPSA) is 55.2 Å². The summed E-state index contributed by atoms with van der Waals surface area (Å²) >= 11 is 1.61. The third-order valence-electron chi connectivity index (χ3n) is 3.68. The van der Waals surface area contributed by atoms with Gasteiger partial charge in [0.05, 0.1) is 18.3 Å². The highest BCUT2D eigenvalue weighted by Crippen LogP contribution is 2.13. The van der Waals surface area contributed by atoms with Crippen LogP contribution in [0.1, 0.15) is 4.88 Å². The molecule has 0 spiro atoms. The SMILES string of the molecule is C=CCN(Cc1cccs1)C(=O)Cn1ncc(=O)c2ccccc21. The summed E-state index contributed by atoms with van der Waals surface area (Å²) < 4.78 is 1.57. The van der Waals surface area contributed by atoms with Crippen molar-refractivity contribution in [1.82, 2.24) is 14.7 Å². The van der Waals surface area contributed by atoms with Gasteiger partial charge in [-0.15, -0.1) is 17.9 Å². The molecule has 0 aliphatic carbocycles. The molecule has 5 nitrogen and oxygen atoms in total. The molecule has 0 fully saturated rings. The summed E-state index contributed by atoms with van der Waals surface area (Å²) in [6.45, 7) is 4.82. The van der Waals surface area contributed by atoms with Gasteiger partial charge in [-0.2, -0.15) is 5.10 Å². The second-order valence-electron chi connectivity index (χ2n) is 5.33. The lowest BCUT2D eigenvalue weighted by atomic mass is 10.2. The number of thiophene rings is 1. The zero-order chi connectivity index (χ0) is 16.9. The van der Waals surface area contributed by atoms with Crippen molar-refractivity contribution in [2.24, 2.45) is 0 Å². The zero-order valence-corrected chi connectivity index (χ0v) is 13.9. The number of carbonyl (C=O) groups is 1. The lowest BCUT2D eigenvalue weighted by Crippen LogP contribution is -2.34. The molecule has 1 aromatic carbocycles. The van der Waals surface area contributed by atoms with Gasteiger partial charge in [0.2, 0.25) is 11.3 Å². The third-order valence-corrected chi connectivity index (χ3v) is 4.54. The van der Waals surface area contributed by atoms with E-state index in [9.17, 15) is 9.59 Å². The van der Waals surface area contributed by atoms with Crippen molar-refractivity contribution in [2.45, 2.75) is 13.1 Å². The molecule has 0 unspecified atom stereocenters. The number of rotatable bonds is 6. The number of aromatic nitrogens is 2. The second kappa shape index (κ2) is 7.23. The predicted octanol–water partition coefficient (Wildman–Crippen LogP) is 2.67. The zero-order valence-electron chi connectivity index (χ0n) is 13.1. The second-order valence-corrected chi connectivity index (χ2v) is 6.36. The molecule has 3 rings (SSSR count). The van der Waals surface area contributed by atoms with Crippen LogP contribution in [0.15, 0.2) is 65.4 Å². The number of hydrogen-bond acceptors (Lipinski definition) is 4. The molecular formula is C18H17N3O2S. The Bertz CT molecular complexity index is 915. The van der Waals surface area contributed by atoms with Gasteiger partial charge in [0, 0.05) is 16.8 Å². The van der Waals surface area contributed by atoms with Gasteiger partial charge in [-0.1, -0.05) is 24.3 Å². The van der Waals surface area contributed by atoms with E-state index in [-0.39, 0.29) is 17.9 Å². The fourth-order valence-corrected chi connectivity index (χ4v) is 3.24.